The molecule has 0 amide bonds. The Morgan fingerprint density at radius 1 is 1.08 bits per heavy atom. The molecule has 2 aromatic rings. The van der Waals surface area contributed by atoms with Crippen molar-refractivity contribution < 1.29 is 29.2 Å². The molecule has 2 N–H and O–H groups in total. The number of fused-ring (bicyclic) bond motifs is 3. The Bertz CT molecular complexity index is 1330. The maximum absolute atomic E-state index is 13.6. The largest absolute Gasteiger partial charge is 0.504 e. The monoisotopic (exact) mass is 504 g/mol. The number of carbonyl (C=O) groups excluding carboxylic acids is 1. The van der Waals surface area contributed by atoms with Gasteiger partial charge >= 0.3 is 0 Å². The van der Waals surface area contributed by atoms with Crippen molar-refractivity contribution in [2.75, 3.05) is 7.11 Å². The molecule has 0 saturated carbocycles. The Hall–Kier alpha value is -3.67. The lowest BCUT2D eigenvalue weighted by atomic mass is 9.87. The number of benzene rings is 2. The van der Waals surface area contributed by atoms with Gasteiger partial charge in [-0.3, -0.25) is 4.79 Å². The molecule has 0 aliphatic carbocycles. The number of allylic oxidation sites excluding steroid dienone is 4. The van der Waals surface area contributed by atoms with Crippen molar-refractivity contribution in [2.45, 2.75) is 72.5 Å². The molecule has 0 bridgehead atoms. The van der Waals surface area contributed by atoms with Crippen LogP contribution in [0.5, 0.6) is 28.7 Å². The topological polar surface area (TPSA) is 85.2 Å². The molecule has 4 rings (SSSR count). The van der Waals surface area contributed by atoms with E-state index in [4.69, 9.17) is 14.2 Å². The van der Waals surface area contributed by atoms with Gasteiger partial charge in [0, 0.05) is 11.1 Å². The van der Waals surface area contributed by atoms with Gasteiger partial charge in [0.1, 0.15) is 34.5 Å². The number of methoxy groups -OCH3 is 1. The first kappa shape index (κ1) is 26.4. The Kier molecular flexibility index (Phi) is 7.13. The molecular weight excluding hydrogens is 468 g/mol. The van der Waals surface area contributed by atoms with Crippen LogP contribution in [0.15, 0.2) is 41.5 Å². The number of phenols is 2. The summed E-state index contributed by atoms with van der Waals surface area (Å²) in [4.78, 5) is 13.6. The third-order valence-electron chi connectivity index (χ3n) is 6.63. The number of phenolic OH excluding ortho intramolecular Hbond substituents is 2. The molecule has 6 nitrogen and oxygen atoms in total. The van der Waals surface area contributed by atoms with E-state index in [1.54, 1.807) is 13.2 Å². The van der Waals surface area contributed by atoms with Crippen molar-refractivity contribution in [1.29, 1.82) is 0 Å². The van der Waals surface area contributed by atoms with Crippen molar-refractivity contribution in [3.63, 3.8) is 0 Å². The summed E-state index contributed by atoms with van der Waals surface area (Å²) in [7, 11) is 1.56. The van der Waals surface area contributed by atoms with Crippen molar-refractivity contribution in [1.82, 2.24) is 0 Å². The molecule has 0 saturated heterocycles. The molecule has 2 aliphatic heterocycles. The summed E-state index contributed by atoms with van der Waals surface area (Å²) in [5.74, 6) is 1.02. The van der Waals surface area contributed by atoms with Gasteiger partial charge in [0.2, 0.25) is 0 Å². The molecule has 2 heterocycles. The lowest BCUT2D eigenvalue weighted by Crippen LogP contribution is -2.30. The van der Waals surface area contributed by atoms with Crippen LogP contribution in [-0.2, 0) is 12.8 Å². The van der Waals surface area contributed by atoms with Gasteiger partial charge in [-0.1, -0.05) is 23.3 Å². The highest BCUT2D eigenvalue weighted by Crippen LogP contribution is 2.52. The fraction of sp³-hybridized carbons (Fsp3) is 0.387. The SMILES string of the molecule is COc1c(CC=C(C)C)c2c(c3c1C(=O)CC(c1cc(O)c(O)c(CC=C(C)C)c1)O3)C=CC(C)(C)O2. The van der Waals surface area contributed by atoms with Gasteiger partial charge in [-0.25, -0.2) is 0 Å². The van der Waals surface area contributed by atoms with Crippen molar-refractivity contribution >= 4 is 11.9 Å². The minimum absolute atomic E-state index is 0.0760. The number of carbonyl (C=O) groups is 1. The van der Waals surface area contributed by atoms with Crippen molar-refractivity contribution in [3.8, 4) is 28.7 Å². The molecular formula is C31H36O6. The van der Waals surface area contributed by atoms with Gasteiger partial charge in [0.05, 0.1) is 19.1 Å². The number of aromatic hydroxyl groups is 2. The Balaban J connectivity index is 1.87. The summed E-state index contributed by atoms with van der Waals surface area (Å²) in [5.41, 5.74) is 4.84. The number of rotatable bonds is 6. The first-order valence-corrected chi connectivity index (χ1v) is 12.6. The Labute approximate surface area is 218 Å². The zero-order valence-electron chi connectivity index (χ0n) is 22.7. The van der Waals surface area contributed by atoms with Gasteiger partial charge in [-0.05, 0) is 84.2 Å². The van der Waals surface area contributed by atoms with Gasteiger partial charge in [0.15, 0.2) is 17.3 Å². The van der Waals surface area contributed by atoms with E-state index in [0.29, 0.717) is 52.3 Å². The summed E-state index contributed by atoms with van der Waals surface area (Å²) in [6.45, 7) is 12.0. The quantitative estimate of drug-likeness (QED) is 0.325. The third kappa shape index (κ3) is 5.24. The van der Waals surface area contributed by atoms with Gasteiger partial charge in [0.25, 0.3) is 0 Å². The number of ketones is 1. The van der Waals surface area contributed by atoms with Crippen LogP contribution in [0, 0.1) is 0 Å². The van der Waals surface area contributed by atoms with Crippen LogP contribution < -0.4 is 14.2 Å². The predicted molar refractivity (Wildman–Crippen MR) is 145 cm³/mol. The van der Waals surface area contributed by atoms with Gasteiger partial charge < -0.3 is 24.4 Å². The minimum atomic E-state index is -0.641. The van der Waals surface area contributed by atoms with Crippen LogP contribution in [0.1, 0.15) is 86.7 Å². The van der Waals surface area contributed by atoms with E-state index in [1.165, 1.54) is 6.07 Å². The van der Waals surface area contributed by atoms with Crippen LogP contribution in [0.3, 0.4) is 0 Å². The molecule has 0 spiro atoms. The van der Waals surface area contributed by atoms with Crippen molar-refractivity contribution in [3.05, 3.63) is 69.3 Å². The molecule has 2 aromatic carbocycles. The number of Topliss-reactive ketones (excluding diaryl/α,β-unsaturated/α-hetero) is 1. The second-order valence-corrected chi connectivity index (χ2v) is 10.8. The van der Waals surface area contributed by atoms with E-state index < -0.39 is 11.7 Å². The second kappa shape index (κ2) is 10.0. The first-order valence-electron chi connectivity index (χ1n) is 12.6. The molecule has 1 unspecified atom stereocenters. The van der Waals surface area contributed by atoms with E-state index in [0.717, 1.165) is 16.7 Å². The molecule has 6 heteroatoms. The zero-order valence-corrected chi connectivity index (χ0v) is 22.7. The number of hydrogen-bond acceptors (Lipinski definition) is 6. The van der Waals surface area contributed by atoms with Crippen LogP contribution in [0.4, 0.5) is 0 Å². The van der Waals surface area contributed by atoms with Gasteiger partial charge in [-0.2, -0.15) is 0 Å². The third-order valence-corrected chi connectivity index (χ3v) is 6.63. The average molecular weight is 505 g/mol. The maximum atomic E-state index is 13.6. The highest BCUT2D eigenvalue weighted by atomic mass is 16.5. The fourth-order valence-corrected chi connectivity index (χ4v) is 4.70. The average Bonchev–Trinajstić information content (AvgIpc) is 2.82. The summed E-state index contributed by atoms with van der Waals surface area (Å²) in [6, 6.07) is 3.26. The molecule has 2 aliphatic rings. The van der Waals surface area contributed by atoms with Crippen molar-refractivity contribution in [2.24, 2.45) is 0 Å². The van der Waals surface area contributed by atoms with E-state index >= 15 is 0 Å². The standard InChI is InChI=1S/C31H36O6/c1-17(2)8-10-19-14-20(15-24(33)27(19)34)25-16-23(32)26-29(35-7)21(11-9-18(3)4)28-22(30(26)36-25)12-13-31(5,6)37-28/h8-9,12-15,25,33-34H,10-11,16H2,1-7H3. The summed E-state index contributed by atoms with van der Waals surface area (Å²) in [6.07, 6.45) is 8.41. The molecule has 1 atom stereocenters. The summed E-state index contributed by atoms with van der Waals surface area (Å²) in [5, 5.41) is 20.8. The molecule has 0 aromatic heterocycles. The van der Waals surface area contributed by atoms with E-state index in [-0.39, 0.29) is 23.7 Å². The van der Waals surface area contributed by atoms with Crippen LogP contribution in [0.25, 0.3) is 6.08 Å². The van der Waals surface area contributed by atoms with Crippen LogP contribution in [-0.4, -0.2) is 28.7 Å². The van der Waals surface area contributed by atoms with Crippen LogP contribution in [0.2, 0.25) is 0 Å². The smallest absolute Gasteiger partial charge is 0.174 e. The Morgan fingerprint density at radius 2 is 1.76 bits per heavy atom. The second-order valence-electron chi connectivity index (χ2n) is 10.8. The first-order chi connectivity index (χ1) is 17.4. The Morgan fingerprint density at radius 3 is 2.41 bits per heavy atom. The van der Waals surface area contributed by atoms with Crippen LogP contribution >= 0.6 is 0 Å². The summed E-state index contributed by atoms with van der Waals surface area (Å²) < 4.78 is 18.7. The maximum Gasteiger partial charge on any atom is 0.174 e. The zero-order chi connectivity index (χ0) is 27.1. The van der Waals surface area contributed by atoms with E-state index in [9.17, 15) is 15.0 Å². The van der Waals surface area contributed by atoms with E-state index in [2.05, 4.69) is 6.08 Å². The lowest BCUT2D eigenvalue weighted by molar-refractivity contribution is 0.0839. The predicted octanol–water partition coefficient (Wildman–Crippen LogP) is 7.01. The minimum Gasteiger partial charge on any atom is -0.504 e. The molecule has 0 radical (unpaired) electrons. The number of ether oxygens (including phenoxy) is 3. The van der Waals surface area contributed by atoms with E-state index in [1.807, 2.05) is 59.8 Å². The van der Waals surface area contributed by atoms with Gasteiger partial charge in [-0.15, -0.1) is 0 Å². The lowest BCUT2D eigenvalue weighted by Gasteiger charge is -2.35. The fourth-order valence-electron chi connectivity index (χ4n) is 4.70. The molecule has 196 valence electrons. The number of hydrogen-bond donors (Lipinski definition) is 2. The highest BCUT2D eigenvalue weighted by molar-refractivity contribution is 6.05. The normalized spacial score (nSPS) is 17.2. The molecule has 0 fully saturated rings. The highest BCUT2D eigenvalue weighted by Gasteiger charge is 2.38. The molecule has 37 heavy (non-hydrogen) atoms. The summed E-state index contributed by atoms with van der Waals surface area (Å²) >= 11 is 0.